The zero-order valence-corrected chi connectivity index (χ0v) is 11.5. The van der Waals surface area contributed by atoms with Crippen LogP contribution < -0.4 is 10.1 Å². The minimum absolute atomic E-state index is 0.514. The molecule has 0 saturated heterocycles. The summed E-state index contributed by atoms with van der Waals surface area (Å²) >= 11 is 5.78. The zero-order valence-electron chi connectivity index (χ0n) is 10.7. The van der Waals surface area contributed by atoms with Crippen LogP contribution in [-0.4, -0.2) is 6.09 Å². The number of amides is 1. The predicted molar refractivity (Wildman–Crippen MR) is 77.0 cm³/mol. The van der Waals surface area contributed by atoms with Gasteiger partial charge in [-0.2, -0.15) is 0 Å². The number of hydrogen-bond acceptors (Lipinski definition) is 2. The molecule has 0 bridgehead atoms. The van der Waals surface area contributed by atoms with E-state index in [0.717, 1.165) is 11.1 Å². The smallest absolute Gasteiger partial charge is 0.410 e. The van der Waals surface area contributed by atoms with Crippen molar-refractivity contribution in [1.82, 2.24) is 0 Å². The molecule has 3 nitrogen and oxygen atoms in total. The Morgan fingerprint density at radius 1 is 1.05 bits per heavy atom. The molecule has 0 radical (unpaired) electrons. The topological polar surface area (TPSA) is 38.3 Å². The van der Waals surface area contributed by atoms with Gasteiger partial charge >= 0.3 is 6.09 Å². The second kappa shape index (κ2) is 5.76. The van der Waals surface area contributed by atoms with Crippen LogP contribution in [0.5, 0.6) is 5.75 Å². The molecule has 0 atom stereocenters. The first-order chi connectivity index (χ1) is 9.06. The Labute approximate surface area is 117 Å². The molecule has 0 aromatic heterocycles. The number of benzene rings is 2. The number of anilines is 1. The van der Waals surface area contributed by atoms with E-state index in [1.54, 1.807) is 24.3 Å². The quantitative estimate of drug-likeness (QED) is 0.872. The number of ether oxygens (including phenoxy) is 1. The number of carbonyl (C=O) groups is 1. The van der Waals surface area contributed by atoms with Crippen molar-refractivity contribution in [3.8, 4) is 5.75 Å². The first-order valence-electron chi connectivity index (χ1n) is 5.87. The van der Waals surface area contributed by atoms with E-state index in [1.165, 1.54) is 0 Å². The first kappa shape index (κ1) is 13.4. The molecule has 2 aromatic rings. The van der Waals surface area contributed by atoms with Crippen LogP contribution in [0.3, 0.4) is 0 Å². The van der Waals surface area contributed by atoms with Crippen molar-refractivity contribution in [2.75, 3.05) is 5.32 Å². The summed E-state index contributed by atoms with van der Waals surface area (Å²) in [4.78, 5) is 11.8. The van der Waals surface area contributed by atoms with Crippen LogP contribution in [0.4, 0.5) is 10.5 Å². The summed E-state index contributed by atoms with van der Waals surface area (Å²) in [6, 6.07) is 12.6. The molecule has 0 spiro atoms. The van der Waals surface area contributed by atoms with Gasteiger partial charge in [-0.05, 0) is 49.2 Å². The Bertz CT molecular complexity index is 573. The standard InChI is InChI=1S/C15H14ClNO2/c1-10-4-3-5-11(2)14(10)19-15(18)17-13-8-6-12(16)7-9-13/h3-9H,1-2H3,(H,17,18). The summed E-state index contributed by atoms with van der Waals surface area (Å²) in [6.07, 6.45) is -0.514. The van der Waals surface area contributed by atoms with Gasteiger partial charge in [-0.25, -0.2) is 4.79 Å². The van der Waals surface area contributed by atoms with Gasteiger partial charge in [-0.1, -0.05) is 29.8 Å². The molecule has 2 rings (SSSR count). The molecular weight excluding hydrogens is 262 g/mol. The minimum Gasteiger partial charge on any atom is -0.410 e. The van der Waals surface area contributed by atoms with E-state index < -0.39 is 6.09 Å². The van der Waals surface area contributed by atoms with Gasteiger partial charge in [0.15, 0.2) is 0 Å². The van der Waals surface area contributed by atoms with E-state index >= 15 is 0 Å². The van der Waals surface area contributed by atoms with Crippen molar-refractivity contribution in [3.63, 3.8) is 0 Å². The number of para-hydroxylation sites is 1. The Morgan fingerprint density at radius 3 is 2.21 bits per heavy atom. The third-order valence-electron chi connectivity index (χ3n) is 2.69. The van der Waals surface area contributed by atoms with Gasteiger partial charge in [0, 0.05) is 10.7 Å². The van der Waals surface area contributed by atoms with Crippen molar-refractivity contribution in [1.29, 1.82) is 0 Å². The zero-order chi connectivity index (χ0) is 13.8. The molecule has 19 heavy (non-hydrogen) atoms. The minimum atomic E-state index is -0.514. The third-order valence-corrected chi connectivity index (χ3v) is 2.95. The summed E-state index contributed by atoms with van der Waals surface area (Å²) in [6.45, 7) is 3.80. The highest BCUT2D eigenvalue weighted by Crippen LogP contribution is 2.23. The number of carbonyl (C=O) groups excluding carboxylic acids is 1. The Kier molecular flexibility index (Phi) is 4.07. The molecule has 0 saturated carbocycles. The van der Waals surface area contributed by atoms with Crippen molar-refractivity contribution < 1.29 is 9.53 Å². The van der Waals surface area contributed by atoms with E-state index in [-0.39, 0.29) is 0 Å². The summed E-state index contributed by atoms with van der Waals surface area (Å²) in [5, 5.41) is 3.27. The van der Waals surface area contributed by atoms with Crippen molar-refractivity contribution in [3.05, 3.63) is 58.6 Å². The summed E-state index contributed by atoms with van der Waals surface area (Å²) in [7, 11) is 0. The first-order valence-corrected chi connectivity index (χ1v) is 6.24. The molecule has 0 heterocycles. The van der Waals surface area contributed by atoms with Crippen LogP contribution in [0.15, 0.2) is 42.5 Å². The lowest BCUT2D eigenvalue weighted by atomic mass is 10.1. The van der Waals surface area contributed by atoms with Crippen LogP contribution in [0.2, 0.25) is 5.02 Å². The fourth-order valence-electron chi connectivity index (χ4n) is 1.73. The van der Waals surface area contributed by atoms with Crippen LogP contribution in [0.1, 0.15) is 11.1 Å². The molecule has 1 N–H and O–H groups in total. The number of aryl methyl sites for hydroxylation is 2. The molecule has 0 aliphatic rings. The predicted octanol–water partition coefficient (Wildman–Crippen LogP) is 4.57. The average Bonchev–Trinajstić information content (AvgIpc) is 2.37. The molecule has 0 aliphatic carbocycles. The normalized spacial score (nSPS) is 10.1. The van der Waals surface area contributed by atoms with Crippen LogP contribution in [-0.2, 0) is 0 Å². The largest absolute Gasteiger partial charge is 0.417 e. The van der Waals surface area contributed by atoms with E-state index in [2.05, 4.69) is 5.32 Å². The molecule has 0 aliphatic heterocycles. The molecule has 0 unspecified atom stereocenters. The summed E-state index contributed by atoms with van der Waals surface area (Å²) in [5.74, 6) is 0.592. The van der Waals surface area contributed by atoms with Gasteiger partial charge in [0.2, 0.25) is 0 Å². The van der Waals surface area contributed by atoms with E-state index in [4.69, 9.17) is 16.3 Å². The molecule has 0 fully saturated rings. The maximum atomic E-state index is 11.8. The number of nitrogens with one attached hydrogen (secondary N) is 1. The van der Waals surface area contributed by atoms with Crippen molar-refractivity contribution in [2.45, 2.75) is 13.8 Å². The average molecular weight is 276 g/mol. The van der Waals surface area contributed by atoms with Crippen molar-refractivity contribution in [2.24, 2.45) is 0 Å². The second-order valence-electron chi connectivity index (χ2n) is 4.24. The number of hydrogen-bond donors (Lipinski definition) is 1. The number of halogens is 1. The lowest BCUT2D eigenvalue weighted by molar-refractivity contribution is 0.214. The van der Waals surface area contributed by atoms with Gasteiger partial charge in [0.05, 0.1) is 0 Å². The maximum Gasteiger partial charge on any atom is 0.417 e. The Hall–Kier alpha value is -2.00. The summed E-state index contributed by atoms with van der Waals surface area (Å²) < 4.78 is 5.33. The lowest BCUT2D eigenvalue weighted by Crippen LogP contribution is -2.17. The van der Waals surface area contributed by atoms with Gasteiger partial charge in [0.1, 0.15) is 5.75 Å². The van der Waals surface area contributed by atoms with Gasteiger partial charge in [-0.15, -0.1) is 0 Å². The van der Waals surface area contributed by atoms with E-state index in [9.17, 15) is 4.79 Å². The fraction of sp³-hybridized carbons (Fsp3) is 0.133. The highest BCUT2D eigenvalue weighted by atomic mass is 35.5. The molecular formula is C15H14ClNO2. The second-order valence-corrected chi connectivity index (χ2v) is 4.68. The number of rotatable bonds is 2. The van der Waals surface area contributed by atoms with Crippen LogP contribution >= 0.6 is 11.6 Å². The highest BCUT2D eigenvalue weighted by molar-refractivity contribution is 6.30. The molecule has 98 valence electrons. The third kappa shape index (κ3) is 3.48. The maximum absolute atomic E-state index is 11.8. The Morgan fingerprint density at radius 2 is 1.63 bits per heavy atom. The van der Waals surface area contributed by atoms with E-state index in [0.29, 0.717) is 16.5 Å². The fourth-order valence-corrected chi connectivity index (χ4v) is 1.86. The lowest BCUT2D eigenvalue weighted by Gasteiger charge is -2.11. The van der Waals surface area contributed by atoms with Gasteiger partial charge in [0.25, 0.3) is 0 Å². The van der Waals surface area contributed by atoms with Gasteiger partial charge in [-0.3, -0.25) is 5.32 Å². The molecule has 1 amide bonds. The van der Waals surface area contributed by atoms with Gasteiger partial charge < -0.3 is 4.74 Å². The van der Waals surface area contributed by atoms with Crippen molar-refractivity contribution >= 4 is 23.4 Å². The SMILES string of the molecule is Cc1cccc(C)c1OC(=O)Nc1ccc(Cl)cc1. The van der Waals surface area contributed by atoms with Crippen LogP contribution in [0.25, 0.3) is 0 Å². The van der Waals surface area contributed by atoms with Crippen LogP contribution in [0, 0.1) is 13.8 Å². The summed E-state index contributed by atoms with van der Waals surface area (Å²) in [5.41, 5.74) is 2.48. The van der Waals surface area contributed by atoms with E-state index in [1.807, 2.05) is 32.0 Å². The molecule has 2 aromatic carbocycles. The highest BCUT2D eigenvalue weighted by Gasteiger charge is 2.09. The monoisotopic (exact) mass is 275 g/mol. The molecule has 4 heteroatoms. The Balaban J connectivity index is 2.07.